The molecule has 3 aliphatic rings. The highest BCUT2D eigenvalue weighted by atomic mass is 16.6. The fourth-order valence-corrected chi connectivity index (χ4v) is 3.80. The van der Waals surface area contributed by atoms with Crippen LogP contribution in [-0.2, 0) is 9.47 Å². The summed E-state index contributed by atoms with van der Waals surface area (Å²) in [6.45, 7) is 9.80. The molecule has 0 spiro atoms. The normalized spacial score (nSPS) is 41.6. The van der Waals surface area contributed by atoms with Crippen LogP contribution in [0, 0.1) is 0 Å². The number of hydrogen-bond acceptors (Lipinski definition) is 2. The summed E-state index contributed by atoms with van der Waals surface area (Å²) in [6.07, 6.45) is 12.1. The highest BCUT2D eigenvalue weighted by Crippen LogP contribution is 2.47. The first-order valence-electron chi connectivity index (χ1n) is 8.79. The van der Waals surface area contributed by atoms with Gasteiger partial charge >= 0.3 is 0 Å². The van der Waals surface area contributed by atoms with Gasteiger partial charge in [-0.1, -0.05) is 23.3 Å². The summed E-state index contributed by atoms with van der Waals surface area (Å²) in [5, 5.41) is 0. The van der Waals surface area contributed by atoms with Gasteiger partial charge in [0, 0.05) is 0 Å². The number of ether oxygens (including phenoxy) is 2. The molecule has 2 heteroatoms. The Balaban J connectivity index is 1.78. The molecule has 22 heavy (non-hydrogen) atoms. The molecule has 2 unspecified atom stereocenters. The van der Waals surface area contributed by atoms with Crippen molar-refractivity contribution in [3.8, 4) is 0 Å². The lowest BCUT2D eigenvalue weighted by molar-refractivity contribution is 0.0929. The monoisotopic (exact) mass is 302 g/mol. The molecular formula is C20H30O2. The van der Waals surface area contributed by atoms with Crippen LogP contribution in [0.3, 0.4) is 0 Å². The largest absolute Gasteiger partial charge is 0.367 e. The van der Waals surface area contributed by atoms with Crippen LogP contribution in [0.25, 0.3) is 0 Å². The summed E-state index contributed by atoms with van der Waals surface area (Å²) in [5.74, 6) is 0. The Morgan fingerprint density at radius 1 is 1.00 bits per heavy atom. The molecule has 0 N–H and O–H groups in total. The highest BCUT2D eigenvalue weighted by molar-refractivity contribution is 5.28. The molecule has 1 aliphatic carbocycles. The predicted molar refractivity (Wildman–Crippen MR) is 90.9 cm³/mol. The minimum atomic E-state index is 0.0202. The smallest absolute Gasteiger partial charge is 0.117 e. The van der Waals surface area contributed by atoms with E-state index in [4.69, 9.17) is 9.47 Å². The number of fused-ring (bicyclic) bond motifs is 3. The van der Waals surface area contributed by atoms with Crippen LogP contribution in [0.4, 0.5) is 0 Å². The van der Waals surface area contributed by atoms with Crippen LogP contribution in [0.2, 0.25) is 0 Å². The Kier molecular flexibility index (Phi) is 4.61. The molecular weight excluding hydrogens is 272 g/mol. The average Bonchev–Trinajstić information content (AvgIpc) is 2.98. The molecule has 2 nitrogen and oxygen atoms in total. The molecule has 0 bridgehead atoms. The van der Waals surface area contributed by atoms with Gasteiger partial charge in [-0.15, -0.1) is 0 Å². The van der Waals surface area contributed by atoms with E-state index in [2.05, 4.69) is 39.8 Å². The Morgan fingerprint density at radius 2 is 1.73 bits per heavy atom. The molecule has 1 fully saturated rings. The third kappa shape index (κ3) is 3.38. The third-order valence-corrected chi connectivity index (χ3v) is 5.54. The molecule has 0 amide bonds. The number of epoxide rings is 1. The van der Waals surface area contributed by atoms with Crippen molar-refractivity contribution in [3.63, 3.8) is 0 Å². The van der Waals surface area contributed by atoms with Gasteiger partial charge in [-0.05, 0) is 77.4 Å². The fraction of sp³-hybridized carbons (Fsp3) is 0.700. The topological polar surface area (TPSA) is 21.8 Å². The van der Waals surface area contributed by atoms with Gasteiger partial charge in [-0.25, -0.2) is 0 Å². The van der Waals surface area contributed by atoms with Crippen LogP contribution in [-0.4, -0.2) is 24.4 Å². The fourth-order valence-electron chi connectivity index (χ4n) is 3.80. The predicted octanol–water partition coefficient (Wildman–Crippen LogP) is 5.11. The van der Waals surface area contributed by atoms with Crippen LogP contribution in [0.15, 0.2) is 34.4 Å². The summed E-state index contributed by atoms with van der Waals surface area (Å²) in [5.41, 5.74) is 5.97. The van der Waals surface area contributed by atoms with Gasteiger partial charge in [0.25, 0.3) is 0 Å². The van der Waals surface area contributed by atoms with Gasteiger partial charge in [0.2, 0.25) is 0 Å². The zero-order valence-corrected chi connectivity index (χ0v) is 14.6. The molecule has 122 valence electrons. The number of rotatable bonds is 0. The first-order chi connectivity index (χ1) is 10.5. The standard InChI is InChI=1S/C20H30O2/c1-14-7-5-8-15(2)10-11-17-16(3)13-21-18(17)19-20(4,22-19)12-6-9-14/h8-9,18-19H,5-7,10-13H2,1-4H3/b14-9+,15-8+/t18?,19?,20-/m1/s1. The van der Waals surface area contributed by atoms with E-state index >= 15 is 0 Å². The molecule has 0 aromatic carbocycles. The summed E-state index contributed by atoms with van der Waals surface area (Å²) in [4.78, 5) is 0. The second kappa shape index (κ2) is 6.33. The summed E-state index contributed by atoms with van der Waals surface area (Å²) in [6, 6.07) is 0. The molecule has 2 aliphatic heterocycles. The molecule has 0 aromatic heterocycles. The molecule has 0 aromatic rings. The van der Waals surface area contributed by atoms with Crippen molar-refractivity contribution in [1.82, 2.24) is 0 Å². The lowest BCUT2D eigenvalue weighted by Crippen LogP contribution is -2.24. The van der Waals surface area contributed by atoms with Crippen LogP contribution in [0.5, 0.6) is 0 Å². The Bertz CT molecular complexity index is 526. The van der Waals surface area contributed by atoms with E-state index in [1.165, 1.54) is 35.1 Å². The van der Waals surface area contributed by atoms with E-state index in [0.29, 0.717) is 0 Å². The van der Waals surface area contributed by atoms with Gasteiger partial charge in [-0.2, -0.15) is 0 Å². The van der Waals surface area contributed by atoms with E-state index in [9.17, 15) is 0 Å². The maximum atomic E-state index is 6.10. The van der Waals surface area contributed by atoms with Crippen molar-refractivity contribution in [3.05, 3.63) is 34.4 Å². The lowest BCUT2D eigenvalue weighted by Gasteiger charge is -2.16. The lowest BCUT2D eigenvalue weighted by atomic mass is 9.90. The Labute approximate surface area is 135 Å². The summed E-state index contributed by atoms with van der Waals surface area (Å²) in [7, 11) is 0. The molecule has 0 saturated carbocycles. The van der Waals surface area contributed by atoms with Gasteiger partial charge in [0.15, 0.2) is 0 Å². The van der Waals surface area contributed by atoms with E-state index < -0.39 is 0 Å². The van der Waals surface area contributed by atoms with E-state index in [0.717, 1.165) is 32.3 Å². The first kappa shape index (κ1) is 16.0. The molecule has 0 radical (unpaired) electrons. The quantitative estimate of drug-likeness (QED) is 0.458. The SMILES string of the molecule is CC1=C2CC/C(C)=C/CC/C(C)=C/CC[C@@]3(C)OC3C2OC1. The minimum Gasteiger partial charge on any atom is -0.367 e. The van der Waals surface area contributed by atoms with E-state index in [1.807, 2.05) is 0 Å². The first-order valence-corrected chi connectivity index (χ1v) is 8.79. The van der Waals surface area contributed by atoms with Crippen molar-refractivity contribution in [2.24, 2.45) is 0 Å². The van der Waals surface area contributed by atoms with Gasteiger partial charge < -0.3 is 9.47 Å². The third-order valence-electron chi connectivity index (χ3n) is 5.54. The van der Waals surface area contributed by atoms with Crippen LogP contribution in [0.1, 0.15) is 66.2 Å². The Morgan fingerprint density at radius 3 is 2.55 bits per heavy atom. The molecule has 2 heterocycles. The maximum Gasteiger partial charge on any atom is 0.117 e. The summed E-state index contributed by atoms with van der Waals surface area (Å²) < 4.78 is 12.2. The zero-order chi connectivity index (χ0) is 15.7. The van der Waals surface area contributed by atoms with Crippen LogP contribution < -0.4 is 0 Å². The average molecular weight is 302 g/mol. The maximum absolute atomic E-state index is 6.10. The van der Waals surface area contributed by atoms with Crippen molar-refractivity contribution in [1.29, 1.82) is 0 Å². The summed E-state index contributed by atoms with van der Waals surface area (Å²) >= 11 is 0. The van der Waals surface area contributed by atoms with E-state index in [-0.39, 0.29) is 17.8 Å². The van der Waals surface area contributed by atoms with Gasteiger partial charge in [0.1, 0.15) is 12.2 Å². The van der Waals surface area contributed by atoms with Crippen molar-refractivity contribution in [2.75, 3.05) is 6.61 Å². The second-order valence-corrected chi connectivity index (χ2v) is 7.57. The van der Waals surface area contributed by atoms with Crippen LogP contribution >= 0.6 is 0 Å². The minimum absolute atomic E-state index is 0.0202. The molecule has 3 rings (SSSR count). The van der Waals surface area contributed by atoms with Crippen molar-refractivity contribution in [2.45, 2.75) is 84.0 Å². The Hall–Kier alpha value is -0.860. The van der Waals surface area contributed by atoms with E-state index in [1.54, 1.807) is 0 Å². The number of hydrogen-bond donors (Lipinski definition) is 0. The zero-order valence-electron chi connectivity index (χ0n) is 14.6. The second-order valence-electron chi connectivity index (χ2n) is 7.57. The number of allylic oxidation sites excluding steroid dienone is 4. The molecule has 3 atom stereocenters. The molecule has 1 saturated heterocycles. The van der Waals surface area contributed by atoms with Crippen molar-refractivity contribution < 1.29 is 9.47 Å². The van der Waals surface area contributed by atoms with Gasteiger partial charge in [-0.3, -0.25) is 0 Å². The van der Waals surface area contributed by atoms with Gasteiger partial charge in [0.05, 0.1) is 12.2 Å². The van der Waals surface area contributed by atoms with Crippen molar-refractivity contribution >= 4 is 0 Å². The highest BCUT2D eigenvalue weighted by Gasteiger charge is 2.57.